The molecule has 1 aliphatic carbocycles. The van der Waals surface area contributed by atoms with Crippen LogP contribution in [0.25, 0.3) is 0 Å². The van der Waals surface area contributed by atoms with Crippen molar-refractivity contribution in [1.29, 1.82) is 0 Å². The van der Waals surface area contributed by atoms with Crippen LogP contribution in [0.5, 0.6) is 0 Å². The molecule has 0 bridgehead atoms. The molecule has 1 aromatic heterocycles. The van der Waals surface area contributed by atoms with Crippen molar-refractivity contribution >= 4 is 33.2 Å². The summed E-state index contributed by atoms with van der Waals surface area (Å²) in [4.78, 5) is 16.4. The van der Waals surface area contributed by atoms with E-state index in [9.17, 15) is 22.0 Å². The van der Waals surface area contributed by atoms with Crippen LogP contribution in [0.2, 0.25) is 0 Å². The summed E-state index contributed by atoms with van der Waals surface area (Å²) in [5, 5.41) is 3.47. The van der Waals surface area contributed by atoms with Gasteiger partial charge in [0.1, 0.15) is 0 Å². The SMILES string of the molecule is Cc1nc(SCC(=O)Nc2ccc(S(=O)(=O)C(F)F)cc2)n(C2CCCC2)c1C. The number of rotatable bonds is 7. The molecule has 0 saturated heterocycles. The largest absolute Gasteiger partial charge is 0.341 e. The van der Waals surface area contributed by atoms with Crippen molar-refractivity contribution in [3.8, 4) is 0 Å². The Morgan fingerprint density at radius 3 is 2.45 bits per heavy atom. The predicted octanol–water partition coefficient (Wildman–Crippen LogP) is 4.34. The second-order valence-electron chi connectivity index (χ2n) is 7.04. The highest BCUT2D eigenvalue weighted by Crippen LogP contribution is 2.35. The van der Waals surface area contributed by atoms with Crippen molar-refractivity contribution in [3.05, 3.63) is 35.7 Å². The third-order valence-electron chi connectivity index (χ3n) is 5.08. The summed E-state index contributed by atoms with van der Waals surface area (Å²) in [6, 6.07) is 5.14. The zero-order valence-electron chi connectivity index (χ0n) is 16.2. The van der Waals surface area contributed by atoms with E-state index in [0.29, 0.717) is 11.7 Å². The lowest BCUT2D eigenvalue weighted by Gasteiger charge is -2.16. The van der Waals surface area contributed by atoms with E-state index < -0.39 is 20.5 Å². The van der Waals surface area contributed by atoms with Gasteiger partial charge >= 0.3 is 5.76 Å². The molecule has 29 heavy (non-hydrogen) atoms. The minimum atomic E-state index is -4.64. The number of nitrogens with one attached hydrogen (secondary N) is 1. The van der Waals surface area contributed by atoms with Crippen LogP contribution in [0.4, 0.5) is 14.5 Å². The van der Waals surface area contributed by atoms with E-state index in [-0.39, 0.29) is 11.7 Å². The molecule has 0 unspecified atom stereocenters. The van der Waals surface area contributed by atoms with E-state index in [0.717, 1.165) is 41.5 Å². The number of carbonyl (C=O) groups is 1. The van der Waals surface area contributed by atoms with Crippen molar-refractivity contribution in [2.45, 2.75) is 61.4 Å². The van der Waals surface area contributed by atoms with Gasteiger partial charge in [0.15, 0.2) is 5.16 Å². The predicted molar refractivity (Wildman–Crippen MR) is 108 cm³/mol. The van der Waals surface area contributed by atoms with Gasteiger partial charge in [-0.1, -0.05) is 24.6 Å². The van der Waals surface area contributed by atoms with Crippen LogP contribution in [0.3, 0.4) is 0 Å². The number of hydrogen-bond donors (Lipinski definition) is 1. The third kappa shape index (κ3) is 4.80. The maximum absolute atomic E-state index is 12.6. The fourth-order valence-corrected chi connectivity index (χ4v) is 5.13. The monoisotopic (exact) mass is 443 g/mol. The number of amides is 1. The molecule has 0 radical (unpaired) electrons. The average Bonchev–Trinajstić information content (AvgIpc) is 3.29. The van der Waals surface area contributed by atoms with Gasteiger partial charge in [0, 0.05) is 17.4 Å². The van der Waals surface area contributed by atoms with Crippen LogP contribution in [-0.4, -0.2) is 35.4 Å². The quantitative estimate of drug-likeness (QED) is 0.644. The van der Waals surface area contributed by atoms with Crippen LogP contribution in [0.1, 0.15) is 43.1 Å². The fraction of sp³-hybridized carbons (Fsp3) is 0.474. The Morgan fingerprint density at radius 2 is 1.86 bits per heavy atom. The Bertz CT molecular complexity index is 983. The Kier molecular flexibility index (Phi) is 6.62. The molecule has 3 rings (SSSR count). The maximum Gasteiger partial charge on any atom is 0.341 e. The summed E-state index contributed by atoms with van der Waals surface area (Å²) in [5.74, 6) is -3.62. The number of halogens is 2. The molecule has 1 heterocycles. The summed E-state index contributed by atoms with van der Waals surface area (Å²) >= 11 is 1.35. The number of carbonyl (C=O) groups excluding carboxylic acids is 1. The topological polar surface area (TPSA) is 81.1 Å². The molecule has 2 aromatic rings. The van der Waals surface area contributed by atoms with Gasteiger partial charge in [-0.25, -0.2) is 13.4 Å². The van der Waals surface area contributed by atoms with E-state index in [1.807, 2.05) is 13.8 Å². The maximum atomic E-state index is 12.6. The van der Waals surface area contributed by atoms with Crippen LogP contribution >= 0.6 is 11.8 Å². The van der Waals surface area contributed by atoms with Crippen molar-refractivity contribution in [1.82, 2.24) is 9.55 Å². The molecule has 1 amide bonds. The first-order valence-electron chi connectivity index (χ1n) is 9.30. The van der Waals surface area contributed by atoms with Gasteiger partial charge in [-0.3, -0.25) is 4.79 Å². The lowest BCUT2D eigenvalue weighted by atomic mass is 10.2. The van der Waals surface area contributed by atoms with Gasteiger partial charge in [0.2, 0.25) is 15.7 Å². The molecule has 1 saturated carbocycles. The summed E-state index contributed by atoms with van der Waals surface area (Å²) in [6.45, 7) is 4.00. The van der Waals surface area contributed by atoms with Gasteiger partial charge in [-0.05, 0) is 51.0 Å². The number of aromatic nitrogens is 2. The van der Waals surface area contributed by atoms with E-state index in [4.69, 9.17) is 0 Å². The standard InChI is InChI=1S/C19H23F2N3O3S2/c1-12-13(2)24(15-5-3-4-6-15)19(22-12)28-11-17(25)23-14-7-9-16(10-8-14)29(26,27)18(20)21/h7-10,15,18H,3-6,11H2,1-2H3,(H,23,25). The minimum absolute atomic E-state index is 0.139. The highest BCUT2D eigenvalue weighted by molar-refractivity contribution is 7.99. The van der Waals surface area contributed by atoms with Crippen LogP contribution in [0, 0.1) is 13.8 Å². The third-order valence-corrected chi connectivity index (χ3v) is 7.43. The van der Waals surface area contributed by atoms with Crippen molar-refractivity contribution in [2.75, 3.05) is 11.1 Å². The number of hydrogen-bond acceptors (Lipinski definition) is 5. The number of alkyl halides is 2. The van der Waals surface area contributed by atoms with Gasteiger partial charge in [-0.2, -0.15) is 8.78 Å². The lowest BCUT2D eigenvalue weighted by Crippen LogP contribution is -2.16. The number of imidazole rings is 1. The average molecular weight is 444 g/mol. The highest BCUT2D eigenvalue weighted by atomic mass is 32.2. The number of anilines is 1. The van der Waals surface area contributed by atoms with Crippen molar-refractivity contribution in [2.24, 2.45) is 0 Å². The second-order valence-corrected chi connectivity index (χ2v) is 9.90. The van der Waals surface area contributed by atoms with E-state index in [1.165, 1.54) is 36.7 Å². The van der Waals surface area contributed by atoms with Crippen LogP contribution in [0.15, 0.2) is 34.3 Å². The van der Waals surface area contributed by atoms with E-state index in [2.05, 4.69) is 14.9 Å². The molecule has 1 aliphatic rings. The zero-order valence-corrected chi connectivity index (χ0v) is 17.8. The highest BCUT2D eigenvalue weighted by Gasteiger charge is 2.26. The number of aryl methyl sites for hydroxylation is 1. The Balaban J connectivity index is 1.63. The van der Waals surface area contributed by atoms with Crippen molar-refractivity contribution in [3.63, 3.8) is 0 Å². The zero-order chi connectivity index (χ0) is 21.2. The van der Waals surface area contributed by atoms with Gasteiger partial charge < -0.3 is 9.88 Å². The fourth-order valence-electron chi connectivity index (χ4n) is 3.45. The molecule has 0 atom stereocenters. The molecule has 1 N–H and O–H groups in total. The Hall–Kier alpha value is -1.94. The molecule has 10 heteroatoms. The van der Waals surface area contributed by atoms with Crippen LogP contribution < -0.4 is 5.32 Å². The molecule has 0 spiro atoms. The second kappa shape index (κ2) is 8.83. The van der Waals surface area contributed by atoms with Gasteiger partial charge in [0.25, 0.3) is 0 Å². The molecule has 1 aromatic carbocycles. The smallest absolute Gasteiger partial charge is 0.325 e. The molecule has 6 nitrogen and oxygen atoms in total. The summed E-state index contributed by atoms with van der Waals surface area (Å²) in [6.07, 6.45) is 4.63. The number of nitrogens with zero attached hydrogens (tertiary/aromatic N) is 2. The number of benzene rings is 1. The van der Waals surface area contributed by atoms with Gasteiger partial charge in [0.05, 0.1) is 16.3 Å². The Labute approximate surface area is 173 Å². The minimum Gasteiger partial charge on any atom is -0.325 e. The summed E-state index contributed by atoms with van der Waals surface area (Å²) < 4.78 is 50.3. The number of thioether (sulfide) groups is 1. The first-order chi connectivity index (χ1) is 13.7. The summed E-state index contributed by atoms with van der Waals surface area (Å²) in [5.41, 5.74) is 2.42. The molecule has 0 aliphatic heterocycles. The normalized spacial score (nSPS) is 15.2. The van der Waals surface area contributed by atoms with Gasteiger partial charge in [-0.15, -0.1) is 0 Å². The van der Waals surface area contributed by atoms with E-state index >= 15 is 0 Å². The Morgan fingerprint density at radius 1 is 1.24 bits per heavy atom. The summed E-state index contributed by atoms with van der Waals surface area (Å²) in [7, 11) is -4.64. The first-order valence-corrected chi connectivity index (χ1v) is 11.8. The van der Waals surface area contributed by atoms with E-state index in [1.54, 1.807) is 0 Å². The molecule has 1 fully saturated rings. The van der Waals surface area contributed by atoms with Crippen LogP contribution in [-0.2, 0) is 14.6 Å². The molecular weight excluding hydrogens is 420 g/mol. The number of sulfone groups is 1. The lowest BCUT2D eigenvalue weighted by molar-refractivity contribution is -0.113. The first kappa shape index (κ1) is 21.8. The molecular formula is C19H23F2N3O3S2. The van der Waals surface area contributed by atoms with Crippen molar-refractivity contribution < 1.29 is 22.0 Å². The molecule has 158 valence electrons.